The summed E-state index contributed by atoms with van der Waals surface area (Å²) >= 11 is 3.48. The molecule has 1 N–H and O–H groups in total. The number of carbonyl (C=O) groups is 1. The molecule has 0 radical (unpaired) electrons. The first kappa shape index (κ1) is 14.6. The lowest BCUT2D eigenvalue weighted by molar-refractivity contribution is 0.102. The van der Waals surface area contributed by atoms with Crippen molar-refractivity contribution in [2.24, 2.45) is 0 Å². The number of hydrogen-bond donors (Lipinski definition) is 1. The van der Waals surface area contributed by atoms with Gasteiger partial charge in [-0.1, -0.05) is 12.1 Å². The van der Waals surface area contributed by atoms with E-state index in [0.29, 0.717) is 5.56 Å². The van der Waals surface area contributed by atoms with Crippen LogP contribution in [0.15, 0.2) is 71.5 Å². The van der Waals surface area contributed by atoms with Crippen LogP contribution in [0.1, 0.15) is 15.9 Å². The Morgan fingerprint density at radius 1 is 1.05 bits per heavy atom. The Morgan fingerprint density at radius 2 is 1.82 bits per heavy atom. The number of anilines is 1. The Bertz CT molecular complexity index is 810. The summed E-state index contributed by atoms with van der Waals surface area (Å²) in [5.41, 5.74) is 3.49. The largest absolute Gasteiger partial charge is 0.324 e. The van der Waals surface area contributed by atoms with E-state index in [0.717, 1.165) is 21.4 Å². The second-order valence-electron chi connectivity index (χ2n) is 5.08. The van der Waals surface area contributed by atoms with Crippen molar-refractivity contribution in [1.82, 2.24) is 4.57 Å². The molecule has 0 aliphatic rings. The van der Waals surface area contributed by atoms with Crippen LogP contribution in [-0.2, 0) is 0 Å². The maximum absolute atomic E-state index is 12.4. The molecule has 0 unspecified atom stereocenters. The number of amides is 1. The Hall–Kier alpha value is -2.33. The van der Waals surface area contributed by atoms with E-state index in [1.165, 1.54) is 0 Å². The molecule has 4 heteroatoms. The average molecular weight is 355 g/mol. The molecule has 22 heavy (non-hydrogen) atoms. The van der Waals surface area contributed by atoms with E-state index < -0.39 is 0 Å². The van der Waals surface area contributed by atoms with E-state index in [4.69, 9.17) is 0 Å². The summed E-state index contributed by atoms with van der Waals surface area (Å²) in [4.78, 5) is 12.4. The van der Waals surface area contributed by atoms with E-state index >= 15 is 0 Å². The van der Waals surface area contributed by atoms with Crippen molar-refractivity contribution in [3.63, 3.8) is 0 Å². The van der Waals surface area contributed by atoms with Crippen LogP contribution in [0.2, 0.25) is 0 Å². The molecule has 1 amide bonds. The predicted molar refractivity (Wildman–Crippen MR) is 92.6 cm³/mol. The number of hydrogen-bond acceptors (Lipinski definition) is 1. The van der Waals surface area contributed by atoms with E-state index in [2.05, 4.69) is 21.2 Å². The van der Waals surface area contributed by atoms with Crippen molar-refractivity contribution < 1.29 is 4.79 Å². The van der Waals surface area contributed by atoms with Crippen molar-refractivity contribution in [3.8, 4) is 5.69 Å². The van der Waals surface area contributed by atoms with Gasteiger partial charge < -0.3 is 9.88 Å². The van der Waals surface area contributed by atoms with Crippen LogP contribution in [0.25, 0.3) is 5.69 Å². The van der Waals surface area contributed by atoms with Gasteiger partial charge in [0.1, 0.15) is 0 Å². The SMILES string of the molecule is Cc1ccc(NC(=O)c2cccc(-n3cccc3)c2)c(Br)c1. The van der Waals surface area contributed by atoms with E-state index in [-0.39, 0.29) is 5.91 Å². The number of nitrogens with one attached hydrogen (secondary N) is 1. The normalized spacial score (nSPS) is 10.5. The zero-order chi connectivity index (χ0) is 15.5. The fourth-order valence-electron chi connectivity index (χ4n) is 2.23. The monoisotopic (exact) mass is 354 g/mol. The minimum atomic E-state index is -0.126. The van der Waals surface area contributed by atoms with E-state index in [1.54, 1.807) is 0 Å². The van der Waals surface area contributed by atoms with Gasteiger partial charge in [0.05, 0.1) is 5.69 Å². The van der Waals surface area contributed by atoms with Crippen molar-refractivity contribution in [2.75, 3.05) is 5.32 Å². The van der Waals surface area contributed by atoms with Gasteiger partial charge >= 0.3 is 0 Å². The van der Waals surface area contributed by atoms with Gasteiger partial charge in [-0.05, 0) is 70.9 Å². The summed E-state index contributed by atoms with van der Waals surface area (Å²) in [6, 6.07) is 17.3. The molecule has 0 fully saturated rings. The lowest BCUT2D eigenvalue weighted by Crippen LogP contribution is -2.12. The van der Waals surface area contributed by atoms with Gasteiger partial charge in [0, 0.05) is 28.1 Å². The standard InChI is InChI=1S/C18H15BrN2O/c1-13-7-8-17(16(19)11-13)20-18(22)14-5-4-6-15(12-14)21-9-2-3-10-21/h2-12H,1H3,(H,20,22). The highest BCUT2D eigenvalue weighted by Crippen LogP contribution is 2.24. The third-order valence-electron chi connectivity index (χ3n) is 3.38. The third kappa shape index (κ3) is 3.12. The minimum absolute atomic E-state index is 0.126. The first-order chi connectivity index (χ1) is 10.6. The molecule has 3 nitrogen and oxygen atoms in total. The first-order valence-electron chi connectivity index (χ1n) is 6.94. The zero-order valence-corrected chi connectivity index (χ0v) is 13.7. The number of benzene rings is 2. The Morgan fingerprint density at radius 3 is 2.55 bits per heavy atom. The highest BCUT2D eigenvalue weighted by molar-refractivity contribution is 9.10. The molecule has 1 heterocycles. The molecule has 3 rings (SSSR count). The van der Waals surface area contributed by atoms with Crippen molar-refractivity contribution >= 4 is 27.5 Å². The van der Waals surface area contributed by atoms with Crippen LogP contribution < -0.4 is 5.32 Å². The van der Waals surface area contributed by atoms with Crippen LogP contribution in [0.5, 0.6) is 0 Å². The summed E-state index contributed by atoms with van der Waals surface area (Å²) < 4.78 is 2.85. The fourth-order valence-corrected chi connectivity index (χ4v) is 2.82. The molecular formula is C18H15BrN2O. The smallest absolute Gasteiger partial charge is 0.255 e. The van der Waals surface area contributed by atoms with Gasteiger partial charge in [0.25, 0.3) is 5.91 Å². The second kappa shape index (κ2) is 6.20. The number of rotatable bonds is 3. The van der Waals surface area contributed by atoms with Crippen LogP contribution in [0.3, 0.4) is 0 Å². The van der Waals surface area contributed by atoms with E-state index in [9.17, 15) is 4.79 Å². The fraction of sp³-hybridized carbons (Fsp3) is 0.0556. The Kier molecular flexibility index (Phi) is 4.11. The molecule has 0 saturated heterocycles. The van der Waals surface area contributed by atoms with Crippen molar-refractivity contribution in [1.29, 1.82) is 0 Å². The van der Waals surface area contributed by atoms with Crippen LogP contribution in [0, 0.1) is 6.92 Å². The average Bonchev–Trinajstić information content (AvgIpc) is 3.04. The summed E-state index contributed by atoms with van der Waals surface area (Å²) in [6.45, 7) is 2.01. The van der Waals surface area contributed by atoms with Gasteiger partial charge in [-0.2, -0.15) is 0 Å². The highest BCUT2D eigenvalue weighted by Gasteiger charge is 2.09. The number of carbonyl (C=O) groups excluding carboxylic acids is 1. The number of nitrogens with zero attached hydrogens (tertiary/aromatic N) is 1. The Labute approximate surface area is 137 Å². The Balaban J connectivity index is 1.85. The molecule has 0 aliphatic carbocycles. The van der Waals surface area contributed by atoms with Crippen molar-refractivity contribution in [3.05, 3.63) is 82.6 Å². The molecule has 110 valence electrons. The maximum Gasteiger partial charge on any atom is 0.255 e. The van der Waals surface area contributed by atoms with E-state index in [1.807, 2.05) is 78.5 Å². The summed E-state index contributed by atoms with van der Waals surface area (Å²) in [6.07, 6.45) is 3.90. The molecule has 2 aromatic carbocycles. The number of aromatic nitrogens is 1. The molecule has 0 saturated carbocycles. The quantitative estimate of drug-likeness (QED) is 0.719. The van der Waals surface area contributed by atoms with Gasteiger partial charge in [0.15, 0.2) is 0 Å². The molecule has 0 aliphatic heterocycles. The lowest BCUT2D eigenvalue weighted by atomic mass is 10.1. The molecule has 1 aromatic heterocycles. The van der Waals surface area contributed by atoms with Gasteiger partial charge in [-0.15, -0.1) is 0 Å². The lowest BCUT2D eigenvalue weighted by Gasteiger charge is -2.10. The first-order valence-corrected chi connectivity index (χ1v) is 7.74. The molecular weight excluding hydrogens is 340 g/mol. The topological polar surface area (TPSA) is 34.0 Å². The van der Waals surface area contributed by atoms with Gasteiger partial charge in [-0.25, -0.2) is 0 Å². The second-order valence-corrected chi connectivity index (χ2v) is 5.93. The maximum atomic E-state index is 12.4. The molecule has 3 aromatic rings. The predicted octanol–water partition coefficient (Wildman–Crippen LogP) is 4.80. The summed E-state index contributed by atoms with van der Waals surface area (Å²) in [5.74, 6) is -0.126. The number of aryl methyl sites for hydroxylation is 1. The third-order valence-corrected chi connectivity index (χ3v) is 4.04. The van der Waals surface area contributed by atoms with Crippen molar-refractivity contribution in [2.45, 2.75) is 6.92 Å². The van der Waals surface area contributed by atoms with Gasteiger partial charge in [-0.3, -0.25) is 4.79 Å². The van der Waals surface area contributed by atoms with Crippen LogP contribution >= 0.6 is 15.9 Å². The number of halogens is 1. The molecule has 0 bridgehead atoms. The summed E-state index contributed by atoms with van der Waals surface area (Å²) in [7, 11) is 0. The van der Waals surface area contributed by atoms with Crippen LogP contribution in [0.4, 0.5) is 5.69 Å². The van der Waals surface area contributed by atoms with Gasteiger partial charge in [0.2, 0.25) is 0 Å². The zero-order valence-electron chi connectivity index (χ0n) is 12.1. The minimum Gasteiger partial charge on any atom is -0.324 e. The highest BCUT2D eigenvalue weighted by atomic mass is 79.9. The molecule has 0 atom stereocenters. The molecule has 0 spiro atoms. The summed E-state index contributed by atoms with van der Waals surface area (Å²) in [5, 5.41) is 2.93. The van der Waals surface area contributed by atoms with Crippen LogP contribution in [-0.4, -0.2) is 10.5 Å².